The first-order valence-corrected chi connectivity index (χ1v) is 16.7. The van der Waals surface area contributed by atoms with Gasteiger partial charge >= 0.3 is 6.18 Å². The third-order valence-corrected chi connectivity index (χ3v) is 11.1. The van der Waals surface area contributed by atoms with Crippen LogP contribution in [0.15, 0.2) is 29.4 Å². The van der Waals surface area contributed by atoms with Crippen molar-refractivity contribution >= 4 is 38.6 Å². The molecule has 45 heavy (non-hydrogen) atoms. The summed E-state index contributed by atoms with van der Waals surface area (Å²) < 4.78 is 69.4. The summed E-state index contributed by atoms with van der Waals surface area (Å²) in [5.41, 5.74) is 5.04. The summed E-state index contributed by atoms with van der Waals surface area (Å²) in [6, 6.07) is 1.97. The number of hydrogen-bond donors (Lipinski definition) is 3. The van der Waals surface area contributed by atoms with E-state index < -0.39 is 37.3 Å². The number of nitro benzene ring substituents is 1. The van der Waals surface area contributed by atoms with Gasteiger partial charge in [0.15, 0.2) is 21.9 Å². The van der Waals surface area contributed by atoms with E-state index in [1.807, 2.05) is 0 Å². The van der Waals surface area contributed by atoms with Crippen molar-refractivity contribution in [3.8, 4) is 0 Å². The number of benzene rings is 1. The molecule has 3 heterocycles. The van der Waals surface area contributed by atoms with E-state index in [1.165, 1.54) is 0 Å². The fraction of sp³-hybridized carbons (Fsp3) is 0.607. The SMILES string of the molecule is NC1CCC(Nc2nc(NC3CCN(S(=O)(=O)c4ccc(C(F)(F)F)cc4[N+](=O)[O-])CC3)c3ncn(C4CCCC4)c3n2)CC1. The van der Waals surface area contributed by atoms with Crippen LogP contribution in [0, 0.1) is 10.1 Å². The molecule has 2 aromatic heterocycles. The summed E-state index contributed by atoms with van der Waals surface area (Å²) in [4.78, 5) is 24.0. The fourth-order valence-electron chi connectivity index (χ4n) is 6.60. The predicted molar refractivity (Wildman–Crippen MR) is 160 cm³/mol. The average Bonchev–Trinajstić information content (AvgIpc) is 3.68. The van der Waals surface area contributed by atoms with Gasteiger partial charge in [-0.15, -0.1) is 0 Å². The molecule has 17 heteroatoms. The molecule has 2 saturated carbocycles. The van der Waals surface area contributed by atoms with E-state index in [0.717, 1.165) is 61.3 Å². The number of fused-ring (bicyclic) bond motifs is 1. The Morgan fingerprint density at radius 3 is 2.27 bits per heavy atom. The maximum absolute atomic E-state index is 13.4. The number of nitrogens with zero attached hydrogens (tertiary/aromatic N) is 6. The first-order valence-electron chi connectivity index (χ1n) is 15.3. The number of alkyl halides is 3. The summed E-state index contributed by atoms with van der Waals surface area (Å²) in [6.45, 7) is 0.0205. The summed E-state index contributed by atoms with van der Waals surface area (Å²) >= 11 is 0. The van der Waals surface area contributed by atoms with Gasteiger partial charge in [0.05, 0.1) is 16.8 Å². The molecule has 1 saturated heterocycles. The van der Waals surface area contributed by atoms with Crippen molar-refractivity contribution in [2.24, 2.45) is 5.73 Å². The fourth-order valence-corrected chi connectivity index (χ4v) is 8.21. The Bertz CT molecular complexity index is 1660. The molecular weight excluding hydrogens is 615 g/mol. The largest absolute Gasteiger partial charge is 0.416 e. The molecule has 0 unspecified atom stereocenters. The van der Waals surface area contributed by atoms with E-state index in [2.05, 4.69) is 20.2 Å². The maximum Gasteiger partial charge on any atom is 0.416 e. The smallest absolute Gasteiger partial charge is 0.365 e. The summed E-state index contributed by atoms with van der Waals surface area (Å²) in [7, 11) is -4.43. The van der Waals surface area contributed by atoms with Gasteiger partial charge in [0.1, 0.15) is 0 Å². The highest BCUT2D eigenvalue weighted by atomic mass is 32.2. The minimum Gasteiger partial charge on any atom is -0.365 e. The number of imidazole rings is 1. The zero-order valence-corrected chi connectivity index (χ0v) is 25.4. The molecule has 244 valence electrons. The van der Waals surface area contributed by atoms with Gasteiger partial charge in [-0.1, -0.05) is 12.8 Å². The van der Waals surface area contributed by atoms with Gasteiger partial charge in [-0.3, -0.25) is 10.1 Å². The van der Waals surface area contributed by atoms with Crippen LogP contribution in [0.4, 0.5) is 30.6 Å². The highest BCUT2D eigenvalue weighted by Gasteiger charge is 2.38. The van der Waals surface area contributed by atoms with E-state index in [4.69, 9.17) is 15.7 Å². The standard InChI is InChI=1S/C28H36F3N9O4S/c29-28(30,31)17-5-10-23(22(15-17)40(41)42)45(43,44)38-13-11-20(12-14-38)34-25-24-26(39(16-33-24)21-3-1-2-4-21)37-27(36-25)35-19-8-6-18(32)7-9-19/h5,10,15-16,18-21H,1-4,6-9,11-14,32H2,(H2,34,35,36,37). The molecule has 0 amide bonds. The maximum atomic E-state index is 13.4. The number of rotatable bonds is 8. The van der Waals surface area contributed by atoms with E-state index in [9.17, 15) is 31.7 Å². The number of piperidine rings is 1. The number of aromatic nitrogens is 4. The summed E-state index contributed by atoms with van der Waals surface area (Å²) in [6.07, 6.45) is 5.68. The minimum atomic E-state index is -4.85. The topological polar surface area (TPSA) is 174 Å². The van der Waals surface area contributed by atoms with Gasteiger partial charge in [0.25, 0.3) is 5.69 Å². The number of nitro groups is 1. The van der Waals surface area contributed by atoms with Crippen LogP contribution in [-0.2, 0) is 16.2 Å². The molecular formula is C28H36F3N9O4S. The second-order valence-electron chi connectivity index (χ2n) is 12.2. The second kappa shape index (κ2) is 12.3. The van der Waals surface area contributed by atoms with Crippen molar-refractivity contribution in [3.05, 3.63) is 40.2 Å². The van der Waals surface area contributed by atoms with Crippen LogP contribution in [0.1, 0.15) is 75.8 Å². The van der Waals surface area contributed by atoms with Crippen molar-refractivity contribution in [1.29, 1.82) is 0 Å². The molecule has 0 radical (unpaired) electrons. The Balaban J connectivity index is 1.21. The number of sulfonamides is 1. The molecule has 3 aromatic rings. The molecule has 0 atom stereocenters. The number of halogens is 3. The third-order valence-electron chi connectivity index (χ3n) is 9.14. The van der Waals surface area contributed by atoms with Crippen LogP contribution in [-0.4, -0.2) is 68.4 Å². The normalized spacial score (nSPS) is 22.6. The van der Waals surface area contributed by atoms with Crippen molar-refractivity contribution in [1.82, 2.24) is 23.8 Å². The lowest BCUT2D eigenvalue weighted by Crippen LogP contribution is -2.42. The van der Waals surface area contributed by atoms with Gasteiger partial charge in [0, 0.05) is 43.3 Å². The van der Waals surface area contributed by atoms with E-state index >= 15 is 0 Å². The molecule has 6 rings (SSSR count). The van der Waals surface area contributed by atoms with Crippen molar-refractivity contribution in [2.45, 2.75) is 99.4 Å². The van der Waals surface area contributed by atoms with Crippen LogP contribution in [0.2, 0.25) is 0 Å². The lowest BCUT2D eigenvalue weighted by atomic mass is 9.92. The molecule has 13 nitrogen and oxygen atoms in total. The zero-order valence-electron chi connectivity index (χ0n) is 24.5. The third kappa shape index (κ3) is 6.56. The Hall–Kier alpha value is -3.57. The molecule has 0 bridgehead atoms. The first kappa shape index (κ1) is 31.4. The van der Waals surface area contributed by atoms with Crippen molar-refractivity contribution in [2.75, 3.05) is 23.7 Å². The van der Waals surface area contributed by atoms with Crippen molar-refractivity contribution < 1.29 is 26.5 Å². The lowest BCUT2D eigenvalue weighted by Gasteiger charge is -2.32. The number of nitrogens with one attached hydrogen (secondary N) is 2. The van der Waals surface area contributed by atoms with Crippen LogP contribution in [0.5, 0.6) is 0 Å². The van der Waals surface area contributed by atoms with Gasteiger partial charge in [-0.25, -0.2) is 13.4 Å². The van der Waals surface area contributed by atoms with Crippen LogP contribution >= 0.6 is 0 Å². The predicted octanol–water partition coefficient (Wildman–Crippen LogP) is 4.82. The van der Waals surface area contributed by atoms with E-state index in [1.54, 1.807) is 6.33 Å². The molecule has 1 aromatic carbocycles. The van der Waals surface area contributed by atoms with E-state index in [0.29, 0.717) is 48.3 Å². The van der Waals surface area contributed by atoms with Crippen LogP contribution < -0.4 is 16.4 Å². The molecule has 2 aliphatic carbocycles. The van der Waals surface area contributed by atoms with Gasteiger partial charge in [-0.05, 0) is 63.5 Å². The Morgan fingerprint density at radius 1 is 0.956 bits per heavy atom. The van der Waals surface area contributed by atoms with E-state index in [-0.39, 0.29) is 37.3 Å². The van der Waals surface area contributed by atoms with Crippen LogP contribution in [0.3, 0.4) is 0 Å². The number of anilines is 2. The monoisotopic (exact) mass is 651 g/mol. The molecule has 3 fully saturated rings. The molecule has 1 aliphatic heterocycles. The van der Waals surface area contributed by atoms with Crippen molar-refractivity contribution in [3.63, 3.8) is 0 Å². The quantitative estimate of drug-likeness (QED) is 0.226. The highest BCUT2D eigenvalue weighted by Crippen LogP contribution is 2.37. The van der Waals surface area contributed by atoms with Gasteiger partial charge < -0.3 is 20.9 Å². The van der Waals surface area contributed by atoms with Gasteiger partial charge in [0.2, 0.25) is 16.0 Å². The molecule has 3 aliphatic rings. The Morgan fingerprint density at radius 2 is 1.62 bits per heavy atom. The molecule has 4 N–H and O–H groups in total. The molecule has 0 spiro atoms. The number of hydrogen-bond acceptors (Lipinski definition) is 10. The lowest BCUT2D eigenvalue weighted by molar-refractivity contribution is -0.388. The zero-order chi connectivity index (χ0) is 31.9. The minimum absolute atomic E-state index is 0.0103. The Kier molecular flexibility index (Phi) is 8.60. The number of nitrogens with two attached hydrogens (primary N) is 1. The highest BCUT2D eigenvalue weighted by molar-refractivity contribution is 7.89. The summed E-state index contributed by atoms with van der Waals surface area (Å²) in [5.74, 6) is 1.02. The van der Waals surface area contributed by atoms with Crippen LogP contribution in [0.25, 0.3) is 11.2 Å². The average molecular weight is 652 g/mol. The second-order valence-corrected chi connectivity index (χ2v) is 14.1. The summed E-state index contributed by atoms with van der Waals surface area (Å²) in [5, 5.41) is 18.5. The first-order chi connectivity index (χ1) is 21.4. The Labute approximate surface area is 258 Å². The van der Waals surface area contributed by atoms with Gasteiger partial charge in [-0.2, -0.15) is 27.4 Å².